The molecule has 20 heavy (non-hydrogen) atoms. The van der Waals surface area contributed by atoms with Crippen molar-refractivity contribution < 1.29 is 9.53 Å². The Morgan fingerprint density at radius 2 is 1.85 bits per heavy atom. The highest BCUT2D eigenvalue weighted by atomic mass is 35.5. The molecular weight excluding hydrogens is 274 g/mol. The van der Waals surface area contributed by atoms with E-state index in [-0.39, 0.29) is 5.97 Å². The fraction of sp³-hybridized carbons (Fsp3) is 0.312. The van der Waals surface area contributed by atoms with Gasteiger partial charge >= 0.3 is 5.97 Å². The van der Waals surface area contributed by atoms with E-state index in [1.54, 1.807) is 45.9 Å². The summed E-state index contributed by atoms with van der Waals surface area (Å²) in [4.78, 5) is 11.9. The zero-order valence-corrected chi connectivity index (χ0v) is 13.0. The minimum atomic E-state index is -0.561. The maximum absolute atomic E-state index is 11.9. The van der Waals surface area contributed by atoms with Crippen LogP contribution in [0.1, 0.15) is 27.7 Å². The van der Waals surface area contributed by atoms with Crippen LogP contribution in [0.15, 0.2) is 48.4 Å². The van der Waals surface area contributed by atoms with Gasteiger partial charge in [-0.3, -0.25) is 4.79 Å². The molecule has 3 nitrogen and oxygen atoms in total. The van der Waals surface area contributed by atoms with Crippen LogP contribution < -0.4 is 5.32 Å². The number of carbonyl (C=O) groups excluding carboxylic acids is 1. The SMILES string of the molecule is C=C(Nc1ccc(Cl)cc1)/C(=C\C)OC(=O)C(C)(C)C. The molecular formula is C16H20ClNO2. The Balaban J connectivity index is 2.74. The van der Waals surface area contributed by atoms with E-state index in [2.05, 4.69) is 11.9 Å². The average Bonchev–Trinajstić information content (AvgIpc) is 2.37. The van der Waals surface area contributed by atoms with Gasteiger partial charge in [0.05, 0.1) is 11.1 Å². The Kier molecular flexibility index (Phi) is 5.40. The van der Waals surface area contributed by atoms with E-state index < -0.39 is 5.41 Å². The van der Waals surface area contributed by atoms with Crippen LogP contribution in [-0.2, 0) is 9.53 Å². The molecule has 1 rings (SSSR count). The van der Waals surface area contributed by atoms with Crippen LogP contribution in [0.3, 0.4) is 0 Å². The van der Waals surface area contributed by atoms with Crippen molar-refractivity contribution >= 4 is 23.3 Å². The van der Waals surface area contributed by atoms with Gasteiger partial charge < -0.3 is 10.1 Å². The van der Waals surface area contributed by atoms with Crippen molar-refractivity contribution in [3.05, 3.63) is 53.4 Å². The van der Waals surface area contributed by atoms with Gasteiger partial charge in [0.2, 0.25) is 0 Å². The molecule has 0 saturated heterocycles. The molecule has 0 aliphatic carbocycles. The highest BCUT2D eigenvalue weighted by Crippen LogP contribution is 2.22. The first-order valence-electron chi connectivity index (χ1n) is 6.34. The predicted molar refractivity (Wildman–Crippen MR) is 83.5 cm³/mol. The maximum atomic E-state index is 11.9. The molecule has 1 N–H and O–H groups in total. The molecule has 0 fully saturated rings. The number of nitrogens with one attached hydrogen (secondary N) is 1. The second-order valence-electron chi connectivity index (χ2n) is 5.40. The van der Waals surface area contributed by atoms with Gasteiger partial charge in [0, 0.05) is 10.7 Å². The van der Waals surface area contributed by atoms with E-state index in [0.29, 0.717) is 16.5 Å². The minimum Gasteiger partial charge on any atom is -0.424 e. The summed E-state index contributed by atoms with van der Waals surface area (Å²) < 4.78 is 5.36. The monoisotopic (exact) mass is 293 g/mol. The molecule has 0 amide bonds. The lowest BCUT2D eigenvalue weighted by Gasteiger charge is -2.19. The number of halogens is 1. The van der Waals surface area contributed by atoms with Crippen molar-refractivity contribution in [1.82, 2.24) is 0 Å². The molecule has 0 bridgehead atoms. The molecule has 4 heteroatoms. The molecule has 0 heterocycles. The maximum Gasteiger partial charge on any atom is 0.316 e. The molecule has 0 spiro atoms. The number of rotatable bonds is 4. The van der Waals surface area contributed by atoms with Crippen molar-refractivity contribution in [3.8, 4) is 0 Å². The Morgan fingerprint density at radius 3 is 2.30 bits per heavy atom. The lowest BCUT2D eigenvalue weighted by molar-refractivity contribution is -0.148. The second-order valence-corrected chi connectivity index (χ2v) is 5.84. The van der Waals surface area contributed by atoms with E-state index in [0.717, 1.165) is 5.69 Å². The van der Waals surface area contributed by atoms with Crippen LogP contribution >= 0.6 is 11.6 Å². The van der Waals surface area contributed by atoms with E-state index in [1.807, 2.05) is 12.1 Å². The lowest BCUT2D eigenvalue weighted by Crippen LogP contribution is -2.23. The number of esters is 1. The minimum absolute atomic E-state index is 0.301. The fourth-order valence-corrected chi connectivity index (χ4v) is 1.44. The number of ether oxygens (including phenoxy) is 1. The number of benzene rings is 1. The van der Waals surface area contributed by atoms with Gasteiger partial charge in [0.25, 0.3) is 0 Å². The Morgan fingerprint density at radius 1 is 1.30 bits per heavy atom. The summed E-state index contributed by atoms with van der Waals surface area (Å²) in [7, 11) is 0. The van der Waals surface area contributed by atoms with E-state index in [9.17, 15) is 4.79 Å². The Labute approximate surface area is 125 Å². The number of allylic oxidation sites excluding steroid dienone is 1. The molecule has 0 aliphatic rings. The molecule has 1 aromatic carbocycles. The van der Waals surface area contributed by atoms with Crippen molar-refractivity contribution in [3.63, 3.8) is 0 Å². The van der Waals surface area contributed by atoms with Gasteiger partial charge in [-0.1, -0.05) is 18.2 Å². The molecule has 0 atom stereocenters. The Bertz CT molecular complexity index is 524. The number of carbonyl (C=O) groups is 1. The standard InChI is InChI=1S/C16H20ClNO2/c1-6-14(20-15(19)16(3,4)5)11(2)18-13-9-7-12(17)8-10-13/h6-10,18H,2H2,1,3-5H3/b14-6+. The summed E-state index contributed by atoms with van der Waals surface area (Å²) in [6.45, 7) is 11.1. The molecule has 108 valence electrons. The van der Waals surface area contributed by atoms with E-state index in [1.165, 1.54) is 0 Å². The zero-order valence-electron chi connectivity index (χ0n) is 12.3. The first-order chi connectivity index (χ1) is 9.24. The zero-order chi connectivity index (χ0) is 15.3. The Hall–Kier alpha value is -1.74. The largest absolute Gasteiger partial charge is 0.424 e. The van der Waals surface area contributed by atoms with Crippen molar-refractivity contribution in [2.45, 2.75) is 27.7 Å². The summed E-state index contributed by atoms with van der Waals surface area (Å²) in [6, 6.07) is 7.19. The fourth-order valence-electron chi connectivity index (χ4n) is 1.32. The highest BCUT2D eigenvalue weighted by molar-refractivity contribution is 6.30. The third-order valence-corrected chi connectivity index (χ3v) is 2.77. The molecule has 0 unspecified atom stereocenters. The van der Waals surface area contributed by atoms with Gasteiger partial charge in [0.1, 0.15) is 5.76 Å². The summed E-state index contributed by atoms with van der Waals surface area (Å²) in [5.41, 5.74) is 0.785. The lowest BCUT2D eigenvalue weighted by atomic mass is 9.97. The molecule has 1 aromatic rings. The molecule has 0 aromatic heterocycles. The summed E-state index contributed by atoms with van der Waals surface area (Å²) in [5, 5.41) is 3.74. The molecule has 0 aliphatic heterocycles. The predicted octanol–water partition coefficient (Wildman–Crippen LogP) is 4.76. The number of hydrogen-bond donors (Lipinski definition) is 1. The van der Waals surface area contributed by atoms with E-state index in [4.69, 9.17) is 16.3 Å². The molecule has 0 saturated carbocycles. The van der Waals surface area contributed by atoms with Crippen LogP contribution in [0.4, 0.5) is 5.69 Å². The molecule has 0 radical (unpaired) electrons. The summed E-state index contributed by atoms with van der Waals surface area (Å²) >= 11 is 5.83. The van der Waals surface area contributed by atoms with Crippen molar-refractivity contribution in [2.24, 2.45) is 5.41 Å². The van der Waals surface area contributed by atoms with Crippen molar-refractivity contribution in [2.75, 3.05) is 5.32 Å². The number of anilines is 1. The van der Waals surface area contributed by atoms with E-state index >= 15 is 0 Å². The quantitative estimate of drug-likeness (QED) is 0.494. The van der Waals surface area contributed by atoms with Crippen LogP contribution in [0.25, 0.3) is 0 Å². The smallest absolute Gasteiger partial charge is 0.316 e. The third kappa shape index (κ3) is 4.74. The highest BCUT2D eigenvalue weighted by Gasteiger charge is 2.24. The van der Waals surface area contributed by atoms with Crippen molar-refractivity contribution in [1.29, 1.82) is 0 Å². The summed E-state index contributed by atoms with van der Waals surface area (Å²) in [6.07, 6.45) is 1.70. The average molecular weight is 294 g/mol. The van der Waals surface area contributed by atoms with Gasteiger partial charge in [-0.25, -0.2) is 0 Å². The normalized spacial score (nSPS) is 11.9. The van der Waals surface area contributed by atoms with Crippen LogP contribution in [-0.4, -0.2) is 5.97 Å². The van der Waals surface area contributed by atoms with Gasteiger partial charge in [-0.15, -0.1) is 0 Å². The van der Waals surface area contributed by atoms with Gasteiger partial charge in [0.15, 0.2) is 0 Å². The first kappa shape index (κ1) is 16.3. The van der Waals surface area contributed by atoms with Gasteiger partial charge in [-0.2, -0.15) is 0 Å². The summed E-state index contributed by atoms with van der Waals surface area (Å²) in [5.74, 6) is 0.115. The first-order valence-corrected chi connectivity index (χ1v) is 6.72. The second kappa shape index (κ2) is 6.62. The van der Waals surface area contributed by atoms with Crippen LogP contribution in [0.5, 0.6) is 0 Å². The van der Waals surface area contributed by atoms with Crippen LogP contribution in [0.2, 0.25) is 5.02 Å². The topological polar surface area (TPSA) is 38.3 Å². The van der Waals surface area contributed by atoms with Crippen LogP contribution in [0, 0.1) is 5.41 Å². The third-order valence-electron chi connectivity index (χ3n) is 2.51. The number of hydrogen-bond acceptors (Lipinski definition) is 3. The van der Waals surface area contributed by atoms with Gasteiger partial charge in [-0.05, 0) is 58.0 Å².